The van der Waals surface area contributed by atoms with Crippen LogP contribution in [0.2, 0.25) is 5.02 Å². The van der Waals surface area contributed by atoms with Crippen LogP contribution in [0, 0.1) is 17.6 Å². The van der Waals surface area contributed by atoms with Gasteiger partial charge in [0.05, 0.1) is 12.0 Å². The van der Waals surface area contributed by atoms with Crippen LogP contribution < -0.4 is 0 Å². The van der Waals surface area contributed by atoms with E-state index in [4.69, 9.17) is 11.6 Å². The molecule has 0 N–H and O–H groups in total. The highest BCUT2D eigenvalue weighted by atomic mass is 35.5. The summed E-state index contributed by atoms with van der Waals surface area (Å²) in [5.41, 5.74) is 1.11. The maximum atomic E-state index is 15.0. The minimum absolute atomic E-state index is 0.0697. The number of nitrogens with zero attached hydrogens (tertiary/aromatic N) is 5. The van der Waals surface area contributed by atoms with Crippen molar-refractivity contribution in [3.63, 3.8) is 0 Å². The van der Waals surface area contributed by atoms with Crippen LogP contribution in [-0.4, -0.2) is 83.4 Å². The molecule has 2 aromatic carbocycles. The van der Waals surface area contributed by atoms with Crippen molar-refractivity contribution in [3.8, 4) is 0 Å². The third kappa shape index (κ3) is 6.36. The molecule has 3 atom stereocenters. The van der Waals surface area contributed by atoms with Gasteiger partial charge in [-0.3, -0.25) is 24.5 Å². The van der Waals surface area contributed by atoms with E-state index in [0.717, 1.165) is 11.6 Å². The topological polar surface area (TPSA) is 68.6 Å². The predicted molar refractivity (Wildman–Crippen MR) is 156 cm³/mol. The lowest BCUT2D eigenvalue weighted by Crippen LogP contribution is -2.49. The highest BCUT2D eigenvalue weighted by Crippen LogP contribution is 2.39. The molecule has 2 amide bonds. The van der Waals surface area contributed by atoms with E-state index in [9.17, 15) is 18.4 Å². The maximum absolute atomic E-state index is 15.0. The van der Waals surface area contributed by atoms with Crippen LogP contribution in [0.5, 0.6) is 0 Å². The van der Waals surface area contributed by atoms with Crippen LogP contribution >= 0.6 is 11.6 Å². The molecule has 0 radical (unpaired) electrons. The van der Waals surface area contributed by atoms with Gasteiger partial charge in [-0.25, -0.2) is 8.78 Å². The zero-order chi connectivity index (χ0) is 29.3. The number of carbonyl (C=O) groups is 2. The Morgan fingerprint density at radius 1 is 0.927 bits per heavy atom. The Balaban J connectivity index is 1.40. The van der Waals surface area contributed by atoms with Gasteiger partial charge in [0.25, 0.3) is 5.91 Å². The summed E-state index contributed by atoms with van der Waals surface area (Å²) in [7, 11) is 0. The molecule has 3 aliphatic rings. The average molecular weight is 584 g/mol. The highest BCUT2D eigenvalue weighted by molar-refractivity contribution is 6.30. The molecule has 2 saturated heterocycles. The standard InChI is InChI=1S/C31H36ClF2N5O2/c1-31(2,3)38-18-24(23-11-10-22(33)17-26(23)34)25(19-38)29(40)37-14-4-5-27(20-6-8-21(32)9-7-20)39(16-15-37)30(41)28-35-12-13-36-28/h6-13,17,24-25,27-28H,4-5,14-16,18-19H2,1-3H3/t24-,25+,27-/m0/s1. The molecule has 0 aliphatic carbocycles. The SMILES string of the molecule is CC(C)(C)N1C[C@@H](C(=O)N2CCC[C@@H](c3ccc(Cl)cc3)N(C(=O)C3N=CC=N3)CC2)[C@H](c2ccc(F)cc2F)C1. The lowest BCUT2D eigenvalue weighted by molar-refractivity contribution is -0.141. The zero-order valence-corrected chi connectivity index (χ0v) is 24.4. The van der Waals surface area contributed by atoms with E-state index < -0.39 is 29.6 Å². The van der Waals surface area contributed by atoms with Gasteiger partial charge in [0.15, 0.2) is 0 Å². The summed E-state index contributed by atoms with van der Waals surface area (Å²) in [4.78, 5) is 41.9. The van der Waals surface area contributed by atoms with Crippen LogP contribution in [-0.2, 0) is 9.59 Å². The summed E-state index contributed by atoms with van der Waals surface area (Å²) in [6.45, 7) is 8.35. The first-order valence-corrected chi connectivity index (χ1v) is 14.5. The summed E-state index contributed by atoms with van der Waals surface area (Å²) in [5, 5.41) is 0.618. The average Bonchev–Trinajstić information content (AvgIpc) is 3.60. The Labute approximate surface area is 244 Å². The van der Waals surface area contributed by atoms with E-state index in [1.807, 2.05) is 29.2 Å². The van der Waals surface area contributed by atoms with Crippen LogP contribution in [0.25, 0.3) is 0 Å². The van der Waals surface area contributed by atoms with E-state index in [0.29, 0.717) is 56.2 Å². The molecule has 2 aromatic rings. The molecule has 0 spiro atoms. The lowest BCUT2D eigenvalue weighted by Gasteiger charge is -2.38. The van der Waals surface area contributed by atoms with Crippen molar-refractivity contribution in [2.75, 3.05) is 32.7 Å². The number of aliphatic imine (C=N–C) groups is 2. The van der Waals surface area contributed by atoms with Crippen molar-refractivity contribution < 1.29 is 18.4 Å². The Bertz CT molecular complexity index is 1330. The fourth-order valence-electron chi connectivity index (χ4n) is 6.15. The van der Waals surface area contributed by atoms with Gasteiger partial charge in [0, 0.05) is 67.7 Å². The molecule has 0 saturated carbocycles. The number of likely N-dealkylation sites (tertiary alicyclic amines) is 1. The summed E-state index contributed by atoms with van der Waals surface area (Å²) >= 11 is 6.13. The molecule has 0 unspecified atom stereocenters. The highest BCUT2D eigenvalue weighted by Gasteiger charge is 2.45. The quantitative estimate of drug-likeness (QED) is 0.503. The van der Waals surface area contributed by atoms with Gasteiger partial charge < -0.3 is 9.80 Å². The van der Waals surface area contributed by atoms with Crippen molar-refractivity contribution in [2.24, 2.45) is 15.9 Å². The summed E-state index contributed by atoms with van der Waals surface area (Å²) in [6.07, 6.45) is 3.54. The minimum atomic E-state index is -0.825. The Kier molecular flexibility index (Phi) is 8.57. The van der Waals surface area contributed by atoms with Gasteiger partial charge in [0.2, 0.25) is 12.1 Å². The van der Waals surface area contributed by atoms with Crippen LogP contribution in [0.15, 0.2) is 52.4 Å². The molecule has 3 aliphatic heterocycles. The van der Waals surface area contributed by atoms with E-state index in [1.54, 1.807) is 4.90 Å². The molecule has 7 nitrogen and oxygen atoms in total. The molecular weight excluding hydrogens is 548 g/mol. The number of halogens is 3. The fourth-order valence-corrected chi connectivity index (χ4v) is 6.28. The fraction of sp³-hybridized carbons (Fsp3) is 0.484. The summed E-state index contributed by atoms with van der Waals surface area (Å²) < 4.78 is 28.7. The van der Waals surface area contributed by atoms with E-state index in [2.05, 4.69) is 35.7 Å². The first kappa shape index (κ1) is 29.3. The predicted octanol–water partition coefficient (Wildman–Crippen LogP) is 5.11. The van der Waals surface area contributed by atoms with Crippen LogP contribution in [0.4, 0.5) is 8.78 Å². The Morgan fingerprint density at radius 3 is 2.29 bits per heavy atom. The van der Waals surface area contributed by atoms with E-state index in [-0.39, 0.29) is 23.4 Å². The first-order valence-electron chi connectivity index (χ1n) is 14.1. The van der Waals surface area contributed by atoms with Gasteiger partial charge >= 0.3 is 0 Å². The van der Waals surface area contributed by atoms with E-state index >= 15 is 0 Å². The second-order valence-corrected chi connectivity index (χ2v) is 12.4. The smallest absolute Gasteiger partial charge is 0.270 e. The minimum Gasteiger partial charge on any atom is -0.341 e. The van der Waals surface area contributed by atoms with Crippen molar-refractivity contribution in [1.82, 2.24) is 14.7 Å². The van der Waals surface area contributed by atoms with Gasteiger partial charge in [-0.1, -0.05) is 29.8 Å². The third-order valence-electron chi connectivity index (χ3n) is 8.43. The van der Waals surface area contributed by atoms with Crippen LogP contribution in [0.1, 0.15) is 56.7 Å². The van der Waals surface area contributed by atoms with Gasteiger partial charge in [0.1, 0.15) is 11.6 Å². The molecule has 3 heterocycles. The number of carbonyl (C=O) groups excluding carboxylic acids is 2. The Hall–Kier alpha value is -3.17. The molecule has 2 fully saturated rings. The normalized spacial score (nSPS) is 24.1. The van der Waals surface area contributed by atoms with Crippen molar-refractivity contribution in [1.29, 1.82) is 0 Å². The van der Waals surface area contributed by atoms with Crippen molar-refractivity contribution in [2.45, 2.75) is 57.3 Å². The number of benzene rings is 2. The zero-order valence-electron chi connectivity index (χ0n) is 23.6. The van der Waals surface area contributed by atoms with Crippen LogP contribution in [0.3, 0.4) is 0 Å². The van der Waals surface area contributed by atoms with E-state index in [1.165, 1.54) is 24.6 Å². The number of rotatable bonds is 4. The molecular formula is C31H36ClF2N5O2. The monoisotopic (exact) mass is 583 g/mol. The molecule has 0 aromatic heterocycles. The second kappa shape index (κ2) is 12.0. The summed E-state index contributed by atoms with van der Waals surface area (Å²) in [5.74, 6) is -2.45. The van der Waals surface area contributed by atoms with Crippen molar-refractivity contribution in [3.05, 3.63) is 70.2 Å². The number of hydrogen-bond acceptors (Lipinski definition) is 5. The van der Waals surface area contributed by atoms with Gasteiger partial charge in [-0.05, 0) is 62.9 Å². The molecule has 10 heteroatoms. The largest absolute Gasteiger partial charge is 0.341 e. The second-order valence-electron chi connectivity index (χ2n) is 12.0. The van der Waals surface area contributed by atoms with Gasteiger partial charge in [-0.15, -0.1) is 0 Å². The molecule has 41 heavy (non-hydrogen) atoms. The third-order valence-corrected chi connectivity index (χ3v) is 8.68. The molecule has 0 bridgehead atoms. The molecule has 5 rings (SSSR count). The maximum Gasteiger partial charge on any atom is 0.270 e. The summed E-state index contributed by atoms with van der Waals surface area (Å²) in [6, 6.07) is 10.9. The Morgan fingerprint density at radius 2 is 1.63 bits per heavy atom. The molecule has 218 valence electrons. The lowest BCUT2D eigenvalue weighted by atomic mass is 9.87. The first-order chi connectivity index (χ1) is 19.5. The van der Waals surface area contributed by atoms with Gasteiger partial charge in [-0.2, -0.15) is 0 Å². The number of hydrogen-bond donors (Lipinski definition) is 0. The van der Waals surface area contributed by atoms with Crippen molar-refractivity contribution >= 4 is 35.8 Å². The number of amides is 2.